The molecule has 1 saturated heterocycles. The second-order valence-corrected chi connectivity index (χ2v) is 5.34. The van der Waals surface area contributed by atoms with E-state index >= 15 is 0 Å². The van der Waals surface area contributed by atoms with Crippen LogP contribution in [0, 0.1) is 5.92 Å². The average molecular weight is 429 g/mol. The third kappa shape index (κ3) is 9.12. The normalized spacial score (nSPS) is 18.4. The number of aliphatic imine (C=N–C) groups is 1. The maximum Gasteiger partial charge on any atom is 0.193 e. The summed E-state index contributed by atoms with van der Waals surface area (Å²) in [7, 11) is 5.30. The van der Waals surface area contributed by atoms with Crippen molar-refractivity contribution in [2.75, 3.05) is 67.3 Å². The fourth-order valence-corrected chi connectivity index (χ4v) is 2.50. The van der Waals surface area contributed by atoms with E-state index in [-0.39, 0.29) is 24.0 Å². The van der Waals surface area contributed by atoms with E-state index in [4.69, 9.17) is 14.2 Å². The predicted molar refractivity (Wildman–Crippen MR) is 100 cm³/mol. The number of hydrogen-bond acceptors (Lipinski definition) is 4. The van der Waals surface area contributed by atoms with Crippen molar-refractivity contribution in [3.8, 4) is 0 Å². The molecule has 0 aromatic carbocycles. The first-order valence-electron chi connectivity index (χ1n) is 7.83. The summed E-state index contributed by atoms with van der Waals surface area (Å²) in [4.78, 5) is 6.68. The quantitative estimate of drug-likeness (QED) is 0.248. The van der Waals surface area contributed by atoms with Gasteiger partial charge < -0.3 is 24.4 Å². The Labute approximate surface area is 152 Å². The minimum Gasteiger partial charge on any atom is -0.384 e. The van der Waals surface area contributed by atoms with Crippen LogP contribution in [0.5, 0.6) is 0 Å². The van der Waals surface area contributed by atoms with Gasteiger partial charge in [0, 0.05) is 53.4 Å². The minimum atomic E-state index is 0. The van der Waals surface area contributed by atoms with Crippen molar-refractivity contribution in [3.63, 3.8) is 0 Å². The van der Waals surface area contributed by atoms with Gasteiger partial charge in [-0.15, -0.1) is 24.0 Å². The summed E-state index contributed by atoms with van der Waals surface area (Å²) >= 11 is 0. The molecule has 0 aliphatic carbocycles. The first kappa shape index (κ1) is 21.9. The lowest BCUT2D eigenvalue weighted by molar-refractivity contribution is 0.0689. The summed E-state index contributed by atoms with van der Waals surface area (Å²) in [5.41, 5.74) is 0. The van der Waals surface area contributed by atoms with Gasteiger partial charge >= 0.3 is 0 Å². The van der Waals surface area contributed by atoms with Gasteiger partial charge in [0.2, 0.25) is 0 Å². The molecule has 1 fully saturated rings. The van der Waals surface area contributed by atoms with Crippen molar-refractivity contribution in [1.29, 1.82) is 0 Å². The van der Waals surface area contributed by atoms with Gasteiger partial charge in [0.25, 0.3) is 0 Å². The second kappa shape index (κ2) is 14.5. The molecule has 1 aliphatic rings. The van der Waals surface area contributed by atoms with Crippen LogP contribution in [0.25, 0.3) is 0 Å². The van der Waals surface area contributed by atoms with Crippen molar-refractivity contribution in [1.82, 2.24) is 10.2 Å². The lowest BCUT2D eigenvalue weighted by Gasteiger charge is -2.21. The molecule has 0 aromatic heterocycles. The third-order valence-electron chi connectivity index (χ3n) is 3.63. The van der Waals surface area contributed by atoms with Crippen LogP contribution in [0.3, 0.4) is 0 Å². The monoisotopic (exact) mass is 429 g/mol. The first-order valence-corrected chi connectivity index (χ1v) is 7.83. The number of unbranched alkanes of at least 4 members (excludes halogenated alkanes) is 1. The van der Waals surface area contributed by atoms with Crippen LogP contribution in [-0.2, 0) is 14.2 Å². The van der Waals surface area contributed by atoms with Crippen LogP contribution in [0.2, 0.25) is 0 Å². The van der Waals surface area contributed by atoms with Crippen LogP contribution >= 0.6 is 24.0 Å². The van der Waals surface area contributed by atoms with Gasteiger partial charge in [0.05, 0.1) is 19.8 Å². The Morgan fingerprint density at radius 3 is 2.68 bits per heavy atom. The molecule has 1 rings (SSSR count). The zero-order chi connectivity index (χ0) is 15.3. The standard InChI is InChI=1S/C15H31N3O3.HI/c1-16-15(18-8-6-14(12-18)13-20-3)17-7-4-5-9-21-11-10-19-2;/h14H,4-13H2,1-3H3,(H,16,17);1H. The highest BCUT2D eigenvalue weighted by atomic mass is 127. The molecule has 22 heavy (non-hydrogen) atoms. The Morgan fingerprint density at radius 2 is 2.00 bits per heavy atom. The van der Waals surface area contributed by atoms with E-state index in [9.17, 15) is 0 Å². The molecule has 132 valence electrons. The Hall–Kier alpha value is -0.120. The number of rotatable bonds is 10. The van der Waals surface area contributed by atoms with Crippen LogP contribution < -0.4 is 5.32 Å². The lowest BCUT2D eigenvalue weighted by atomic mass is 10.1. The molecule has 1 unspecified atom stereocenters. The zero-order valence-corrected chi connectivity index (χ0v) is 16.5. The van der Waals surface area contributed by atoms with E-state index in [2.05, 4.69) is 15.2 Å². The molecule has 7 heteroatoms. The maximum absolute atomic E-state index is 5.44. The highest BCUT2D eigenvalue weighted by Gasteiger charge is 2.24. The number of hydrogen-bond donors (Lipinski definition) is 1. The summed E-state index contributed by atoms with van der Waals surface area (Å²) in [6.45, 7) is 6.02. The number of ether oxygens (including phenoxy) is 3. The molecule has 0 amide bonds. The van der Waals surface area contributed by atoms with Gasteiger partial charge in [-0.1, -0.05) is 0 Å². The van der Waals surface area contributed by atoms with Gasteiger partial charge in [0.1, 0.15) is 0 Å². The van der Waals surface area contributed by atoms with E-state index < -0.39 is 0 Å². The molecule has 1 atom stereocenters. The van der Waals surface area contributed by atoms with Gasteiger partial charge in [-0.2, -0.15) is 0 Å². The zero-order valence-electron chi connectivity index (χ0n) is 14.2. The molecule has 1 aliphatic heterocycles. The van der Waals surface area contributed by atoms with Crippen LogP contribution in [0.1, 0.15) is 19.3 Å². The largest absolute Gasteiger partial charge is 0.384 e. The Bertz CT molecular complexity index is 293. The fraction of sp³-hybridized carbons (Fsp3) is 0.933. The number of nitrogens with zero attached hydrogens (tertiary/aromatic N) is 2. The molecular weight excluding hydrogens is 397 g/mol. The van der Waals surface area contributed by atoms with Crippen molar-refractivity contribution in [3.05, 3.63) is 0 Å². The molecule has 0 spiro atoms. The maximum atomic E-state index is 5.44. The van der Waals surface area contributed by atoms with Gasteiger partial charge in [0.15, 0.2) is 5.96 Å². The number of guanidine groups is 1. The Balaban J connectivity index is 0.00000441. The molecule has 1 heterocycles. The summed E-state index contributed by atoms with van der Waals surface area (Å²) in [6.07, 6.45) is 3.32. The van der Waals surface area contributed by atoms with E-state index in [1.807, 2.05) is 7.05 Å². The molecule has 1 N–H and O–H groups in total. The molecule has 0 bridgehead atoms. The molecule has 6 nitrogen and oxygen atoms in total. The molecule has 0 aromatic rings. The first-order chi connectivity index (χ1) is 10.3. The van der Waals surface area contributed by atoms with Crippen LogP contribution in [0.15, 0.2) is 4.99 Å². The smallest absolute Gasteiger partial charge is 0.193 e. The predicted octanol–water partition coefficient (Wildman–Crippen LogP) is 1.59. The average Bonchev–Trinajstić information content (AvgIpc) is 2.95. The fourth-order valence-electron chi connectivity index (χ4n) is 2.50. The minimum absolute atomic E-state index is 0. The van der Waals surface area contributed by atoms with Crippen LogP contribution in [0.4, 0.5) is 0 Å². The van der Waals surface area contributed by atoms with Crippen LogP contribution in [-0.4, -0.2) is 78.2 Å². The number of nitrogens with one attached hydrogen (secondary N) is 1. The third-order valence-corrected chi connectivity index (χ3v) is 3.63. The topological polar surface area (TPSA) is 55.3 Å². The van der Waals surface area contributed by atoms with E-state index in [0.717, 1.165) is 51.6 Å². The SMILES string of the molecule is CN=C(NCCCCOCCOC)N1CCC(COC)C1.I. The van der Waals surface area contributed by atoms with Crippen molar-refractivity contribution in [2.45, 2.75) is 19.3 Å². The summed E-state index contributed by atoms with van der Waals surface area (Å²) in [6, 6.07) is 0. The van der Waals surface area contributed by atoms with Gasteiger partial charge in [-0.3, -0.25) is 4.99 Å². The summed E-state index contributed by atoms with van der Waals surface area (Å²) in [5.74, 6) is 1.64. The van der Waals surface area contributed by atoms with Gasteiger partial charge in [-0.25, -0.2) is 0 Å². The number of likely N-dealkylation sites (tertiary alicyclic amines) is 1. The van der Waals surface area contributed by atoms with Crippen molar-refractivity contribution >= 4 is 29.9 Å². The summed E-state index contributed by atoms with van der Waals surface area (Å²) in [5, 5.41) is 3.43. The van der Waals surface area contributed by atoms with Gasteiger partial charge in [-0.05, 0) is 19.3 Å². The summed E-state index contributed by atoms with van der Waals surface area (Å²) < 4.78 is 15.6. The lowest BCUT2D eigenvalue weighted by Crippen LogP contribution is -2.40. The van der Waals surface area contributed by atoms with Crippen molar-refractivity contribution in [2.24, 2.45) is 10.9 Å². The number of methoxy groups -OCH3 is 2. The molecular formula is C15H32IN3O3. The van der Waals surface area contributed by atoms with E-state index in [1.165, 1.54) is 6.42 Å². The Kier molecular flexibility index (Phi) is 14.4. The number of halogens is 1. The highest BCUT2D eigenvalue weighted by molar-refractivity contribution is 14.0. The highest BCUT2D eigenvalue weighted by Crippen LogP contribution is 2.16. The molecule has 0 saturated carbocycles. The van der Waals surface area contributed by atoms with E-state index in [1.54, 1.807) is 14.2 Å². The Morgan fingerprint density at radius 1 is 1.18 bits per heavy atom. The second-order valence-electron chi connectivity index (χ2n) is 5.34. The molecule has 0 radical (unpaired) electrons. The van der Waals surface area contributed by atoms with E-state index in [0.29, 0.717) is 19.1 Å². The van der Waals surface area contributed by atoms with Crippen molar-refractivity contribution < 1.29 is 14.2 Å².